The molecule has 0 aromatic heterocycles. The van der Waals surface area contributed by atoms with Gasteiger partial charge in [-0.3, -0.25) is 4.90 Å². The summed E-state index contributed by atoms with van der Waals surface area (Å²) < 4.78 is 18.9. The highest BCUT2D eigenvalue weighted by molar-refractivity contribution is 5.70. The lowest BCUT2D eigenvalue weighted by molar-refractivity contribution is 0.0733. The van der Waals surface area contributed by atoms with Crippen molar-refractivity contribution in [3.8, 4) is 0 Å². The van der Waals surface area contributed by atoms with Gasteiger partial charge in [-0.15, -0.1) is 0 Å². The Morgan fingerprint density at radius 3 is 2.68 bits per heavy atom. The molecule has 0 spiro atoms. The number of nitrogens with one attached hydrogen (secondary N) is 1. The first kappa shape index (κ1) is 16.1. The Labute approximate surface area is 146 Å². The maximum Gasteiger partial charge on any atom is 0.410 e. The number of hydrogen-bond acceptors (Lipinski definition) is 3. The van der Waals surface area contributed by atoms with Crippen LogP contribution in [0.5, 0.6) is 0 Å². The second-order valence-corrected chi connectivity index (χ2v) is 6.61. The Morgan fingerprint density at radius 1 is 1.20 bits per heavy atom. The monoisotopic (exact) mass is 340 g/mol. The number of amides is 1. The predicted octanol–water partition coefficient (Wildman–Crippen LogP) is 3.27. The van der Waals surface area contributed by atoms with Gasteiger partial charge < -0.3 is 10.1 Å². The smallest absolute Gasteiger partial charge is 0.410 e. The van der Waals surface area contributed by atoms with E-state index in [-0.39, 0.29) is 24.0 Å². The van der Waals surface area contributed by atoms with E-state index in [9.17, 15) is 9.18 Å². The standard InChI is InChI=1S/C20H21FN2O2/c21-16-7-5-15(6-8-16)19-18-4-2-1-3-14(18)10-12-23(19)20(24)25-13-17-9-11-22-17/h1-8,17,19,22H,9-13H2/t17-,19-/m0/s1. The molecule has 25 heavy (non-hydrogen) atoms. The van der Waals surface area contributed by atoms with E-state index >= 15 is 0 Å². The molecule has 0 saturated carbocycles. The SMILES string of the molecule is O=C(OC[C@@H]1CCN1)N1CCc2ccccc2[C@@H]1c1ccc(F)cc1. The second-order valence-electron chi connectivity index (χ2n) is 6.61. The van der Waals surface area contributed by atoms with Crippen LogP contribution < -0.4 is 5.32 Å². The van der Waals surface area contributed by atoms with E-state index in [1.54, 1.807) is 17.0 Å². The van der Waals surface area contributed by atoms with E-state index in [4.69, 9.17) is 4.74 Å². The maximum atomic E-state index is 13.3. The minimum atomic E-state index is -0.308. The van der Waals surface area contributed by atoms with Crippen LogP contribution in [0.4, 0.5) is 9.18 Å². The van der Waals surface area contributed by atoms with Crippen LogP contribution in [0.2, 0.25) is 0 Å². The Hall–Kier alpha value is -2.40. The summed E-state index contributed by atoms with van der Waals surface area (Å²) in [6, 6.07) is 14.5. The van der Waals surface area contributed by atoms with E-state index in [1.807, 2.05) is 18.2 Å². The summed E-state index contributed by atoms with van der Waals surface area (Å²) in [6.45, 7) is 1.97. The molecule has 0 radical (unpaired) electrons. The van der Waals surface area contributed by atoms with E-state index in [2.05, 4.69) is 11.4 Å². The lowest BCUT2D eigenvalue weighted by Gasteiger charge is -2.37. The van der Waals surface area contributed by atoms with Crippen molar-refractivity contribution in [1.29, 1.82) is 0 Å². The zero-order valence-electron chi connectivity index (χ0n) is 14.0. The summed E-state index contributed by atoms with van der Waals surface area (Å²) in [6.07, 6.45) is 1.53. The molecule has 0 unspecified atom stereocenters. The number of benzene rings is 2. The Bertz CT molecular complexity index is 759. The van der Waals surface area contributed by atoms with Crippen molar-refractivity contribution >= 4 is 6.09 Å². The first-order chi connectivity index (χ1) is 12.2. The zero-order valence-corrected chi connectivity index (χ0v) is 14.0. The van der Waals surface area contributed by atoms with Crippen molar-refractivity contribution in [3.05, 3.63) is 71.0 Å². The van der Waals surface area contributed by atoms with Crippen LogP contribution in [-0.4, -0.2) is 36.7 Å². The first-order valence-electron chi connectivity index (χ1n) is 8.72. The van der Waals surface area contributed by atoms with Crippen molar-refractivity contribution in [2.24, 2.45) is 0 Å². The molecule has 2 heterocycles. The molecule has 2 aliphatic heterocycles. The van der Waals surface area contributed by atoms with Crippen LogP contribution in [0, 0.1) is 5.82 Å². The molecule has 1 fully saturated rings. The Balaban J connectivity index is 1.62. The molecule has 0 aliphatic carbocycles. The molecule has 2 aromatic carbocycles. The number of rotatable bonds is 3. The number of ether oxygens (including phenoxy) is 1. The first-order valence-corrected chi connectivity index (χ1v) is 8.72. The van der Waals surface area contributed by atoms with Crippen molar-refractivity contribution in [2.75, 3.05) is 19.7 Å². The average Bonchev–Trinajstić information content (AvgIpc) is 2.60. The van der Waals surface area contributed by atoms with Crippen LogP contribution in [0.15, 0.2) is 48.5 Å². The van der Waals surface area contributed by atoms with Gasteiger partial charge in [-0.05, 0) is 48.2 Å². The number of halogens is 1. The van der Waals surface area contributed by atoms with Gasteiger partial charge in [0.2, 0.25) is 0 Å². The molecular formula is C20H21FN2O2. The molecule has 5 heteroatoms. The summed E-state index contributed by atoms with van der Waals surface area (Å²) in [7, 11) is 0. The molecule has 2 atom stereocenters. The third kappa shape index (κ3) is 3.24. The van der Waals surface area contributed by atoms with Crippen LogP contribution in [0.25, 0.3) is 0 Å². The van der Waals surface area contributed by atoms with Crippen LogP contribution in [-0.2, 0) is 11.2 Å². The fourth-order valence-electron chi connectivity index (χ4n) is 3.51. The van der Waals surface area contributed by atoms with Crippen molar-refractivity contribution in [2.45, 2.75) is 24.9 Å². The van der Waals surface area contributed by atoms with Gasteiger partial charge in [0.05, 0.1) is 6.04 Å². The summed E-state index contributed by atoms with van der Waals surface area (Å²) in [4.78, 5) is 14.5. The normalized spacial score (nSPS) is 22.0. The number of carbonyl (C=O) groups is 1. The van der Waals surface area contributed by atoms with Gasteiger partial charge in [-0.1, -0.05) is 36.4 Å². The number of hydrogen-bond donors (Lipinski definition) is 1. The summed E-state index contributed by atoms with van der Waals surface area (Å²) >= 11 is 0. The van der Waals surface area contributed by atoms with Crippen LogP contribution >= 0.6 is 0 Å². The summed E-state index contributed by atoms with van der Waals surface area (Å²) in [5, 5.41) is 3.23. The number of fused-ring (bicyclic) bond motifs is 1. The van der Waals surface area contributed by atoms with Gasteiger partial charge in [0, 0.05) is 12.6 Å². The molecule has 0 bridgehead atoms. The maximum absolute atomic E-state index is 13.3. The zero-order chi connectivity index (χ0) is 17.2. The van der Waals surface area contributed by atoms with Gasteiger partial charge in [0.1, 0.15) is 12.4 Å². The Morgan fingerprint density at radius 2 is 1.96 bits per heavy atom. The van der Waals surface area contributed by atoms with Crippen LogP contribution in [0.1, 0.15) is 29.2 Å². The molecule has 2 aliphatic rings. The molecule has 4 rings (SSSR count). The van der Waals surface area contributed by atoms with E-state index in [1.165, 1.54) is 17.7 Å². The minimum absolute atomic E-state index is 0.243. The van der Waals surface area contributed by atoms with Crippen LogP contribution in [0.3, 0.4) is 0 Å². The number of nitrogens with zero attached hydrogens (tertiary/aromatic N) is 1. The molecule has 4 nitrogen and oxygen atoms in total. The lowest BCUT2D eigenvalue weighted by atomic mass is 9.88. The van der Waals surface area contributed by atoms with Gasteiger partial charge in [-0.2, -0.15) is 0 Å². The average molecular weight is 340 g/mol. The summed E-state index contributed by atoms with van der Waals surface area (Å²) in [5.74, 6) is -0.280. The molecule has 1 amide bonds. The van der Waals surface area contributed by atoms with Crippen molar-refractivity contribution < 1.29 is 13.9 Å². The molecule has 1 N–H and O–H groups in total. The van der Waals surface area contributed by atoms with Crippen molar-refractivity contribution in [1.82, 2.24) is 10.2 Å². The minimum Gasteiger partial charge on any atom is -0.448 e. The fraction of sp³-hybridized carbons (Fsp3) is 0.350. The molecular weight excluding hydrogens is 319 g/mol. The Kier molecular flexibility index (Phi) is 4.40. The number of carbonyl (C=O) groups excluding carboxylic acids is 1. The second kappa shape index (κ2) is 6.84. The fourth-order valence-corrected chi connectivity index (χ4v) is 3.51. The van der Waals surface area contributed by atoms with E-state index in [0.717, 1.165) is 30.5 Å². The highest BCUT2D eigenvalue weighted by Gasteiger charge is 2.33. The third-order valence-electron chi connectivity index (χ3n) is 5.04. The molecule has 1 saturated heterocycles. The van der Waals surface area contributed by atoms with Gasteiger partial charge >= 0.3 is 6.09 Å². The summed E-state index contributed by atoms with van der Waals surface area (Å²) in [5.41, 5.74) is 3.20. The van der Waals surface area contributed by atoms with E-state index in [0.29, 0.717) is 13.2 Å². The van der Waals surface area contributed by atoms with Gasteiger partial charge in [0.25, 0.3) is 0 Å². The quantitative estimate of drug-likeness (QED) is 0.932. The van der Waals surface area contributed by atoms with Gasteiger partial charge in [0.15, 0.2) is 0 Å². The predicted molar refractivity (Wildman–Crippen MR) is 92.9 cm³/mol. The van der Waals surface area contributed by atoms with Gasteiger partial charge in [-0.25, -0.2) is 9.18 Å². The molecule has 2 aromatic rings. The highest BCUT2D eigenvalue weighted by atomic mass is 19.1. The topological polar surface area (TPSA) is 41.6 Å². The molecule has 130 valence electrons. The largest absolute Gasteiger partial charge is 0.448 e. The third-order valence-corrected chi connectivity index (χ3v) is 5.04. The van der Waals surface area contributed by atoms with E-state index < -0.39 is 0 Å². The highest BCUT2D eigenvalue weighted by Crippen LogP contribution is 2.35. The van der Waals surface area contributed by atoms with Crippen molar-refractivity contribution in [3.63, 3.8) is 0 Å². The lowest BCUT2D eigenvalue weighted by Crippen LogP contribution is -2.48.